The number of benzene rings is 3. The number of fused-ring (bicyclic) bond motifs is 1. The van der Waals surface area contributed by atoms with Crippen molar-refractivity contribution >= 4 is 35.0 Å². The number of nitrogens with one attached hydrogen (secondary N) is 2. The number of aliphatic carboxylic acids is 1. The van der Waals surface area contributed by atoms with Gasteiger partial charge in [0.2, 0.25) is 11.9 Å². The summed E-state index contributed by atoms with van der Waals surface area (Å²) in [6, 6.07) is 23.3. The number of carbonyl (C=O) groups is 3. The second-order valence-corrected chi connectivity index (χ2v) is 13.1. The normalized spacial score (nSPS) is 18.3. The van der Waals surface area contributed by atoms with Crippen LogP contribution in [0.4, 0.5) is 10.3 Å². The fourth-order valence-corrected chi connectivity index (χ4v) is 6.31. The Bertz CT molecular complexity index is 2140. The fourth-order valence-electron chi connectivity index (χ4n) is 6.31. The molecule has 4 atom stereocenters. The lowest BCUT2D eigenvalue weighted by Gasteiger charge is -2.39. The van der Waals surface area contributed by atoms with Gasteiger partial charge in [-0.05, 0) is 41.0 Å². The van der Waals surface area contributed by atoms with E-state index >= 15 is 4.39 Å². The number of nitrogens with zero attached hydrogens (tertiary/aromatic N) is 3. The number of aromatic nitrogens is 4. The van der Waals surface area contributed by atoms with Gasteiger partial charge in [-0.3, -0.25) is 34.0 Å². The molecule has 0 bridgehead atoms. The Balaban J connectivity index is 1.48. The first-order chi connectivity index (χ1) is 26.4. The highest BCUT2D eigenvalue weighted by Gasteiger charge is 2.53. The molecule has 0 saturated carbocycles. The summed E-state index contributed by atoms with van der Waals surface area (Å²) in [6.07, 6.45) is -6.02. The zero-order valence-electron chi connectivity index (χ0n) is 30.4. The standard InChI is InChI=1S/C39H40FN5O10/c1-22(2)35(49)43-38-42-34-32(36(50)44-38)41-21-45(34)37-31(40)33(28(54-37)20-53-30(48)19-18-29(46)47)55-39(23-8-6-5-7-9-23,24-10-14-26(51-3)15-11-24)25-12-16-27(52-4)17-13-25/h5-17,21-22,28,31,33,37H,18-20H2,1-4H3,(H,46,47)(H2,42,43,44,49,50)/t28-,31-,33-,37-/m1/s1. The molecule has 0 radical (unpaired) electrons. The Morgan fingerprint density at radius 3 is 2.11 bits per heavy atom. The summed E-state index contributed by atoms with van der Waals surface area (Å²) < 4.78 is 48.4. The molecular weight excluding hydrogens is 717 g/mol. The van der Waals surface area contributed by atoms with Gasteiger partial charge in [-0.1, -0.05) is 68.4 Å². The van der Waals surface area contributed by atoms with Crippen LogP contribution in [-0.2, 0) is 34.2 Å². The van der Waals surface area contributed by atoms with E-state index in [4.69, 9.17) is 28.8 Å². The molecule has 1 aliphatic heterocycles. The number of imidazole rings is 1. The number of halogens is 1. The number of ether oxygens (including phenoxy) is 5. The largest absolute Gasteiger partial charge is 0.497 e. The van der Waals surface area contributed by atoms with Crippen LogP contribution in [-0.4, -0.2) is 81.7 Å². The number of carboxylic acids is 1. The number of rotatable bonds is 15. The van der Waals surface area contributed by atoms with E-state index in [9.17, 15) is 19.2 Å². The van der Waals surface area contributed by atoms with Crippen molar-refractivity contribution in [3.05, 3.63) is 112 Å². The lowest BCUT2D eigenvalue weighted by molar-refractivity contribution is -0.156. The second-order valence-electron chi connectivity index (χ2n) is 13.1. The van der Waals surface area contributed by atoms with Gasteiger partial charge in [0.05, 0.1) is 33.4 Å². The summed E-state index contributed by atoms with van der Waals surface area (Å²) in [4.78, 5) is 60.3. The summed E-state index contributed by atoms with van der Waals surface area (Å²) in [5.74, 6) is -1.92. The molecule has 1 fully saturated rings. The molecule has 55 heavy (non-hydrogen) atoms. The Labute approximate surface area is 314 Å². The second kappa shape index (κ2) is 16.5. The third-order valence-electron chi connectivity index (χ3n) is 9.18. The number of aromatic amines is 1. The summed E-state index contributed by atoms with van der Waals surface area (Å²) in [5.41, 5.74) is -0.657. The number of methoxy groups -OCH3 is 2. The van der Waals surface area contributed by atoms with Crippen LogP contribution in [0.15, 0.2) is 90.0 Å². The maximum atomic E-state index is 17.5. The van der Waals surface area contributed by atoms with Crippen LogP contribution in [0.3, 0.4) is 0 Å². The SMILES string of the molecule is COc1ccc(C(O[C@H]2[C@@H](F)[C@H](n3cnc4c(=O)[nH]c(NC(=O)C(C)C)nc43)O[C@@H]2COC(=O)CCC(=O)O)(c2ccccc2)c2ccc(OC)cc2)cc1. The van der Waals surface area contributed by atoms with E-state index in [2.05, 4.69) is 20.3 Å². The Morgan fingerprint density at radius 1 is 0.945 bits per heavy atom. The van der Waals surface area contributed by atoms with Crippen LogP contribution >= 0.6 is 0 Å². The molecule has 3 heterocycles. The maximum Gasteiger partial charge on any atom is 0.306 e. The van der Waals surface area contributed by atoms with Crippen LogP contribution < -0.4 is 20.3 Å². The first-order valence-corrected chi connectivity index (χ1v) is 17.4. The minimum absolute atomic E-state index is 0.0899. The lowest BCUT2D eigenvalue weighted by atomic mass is 9.79. The van der Waals surface area contributed by atoms with Gasteiger partial charge >= 0.3 is 11.9 Å². The van der Waals surface area contributed by atoms with Crippen molar-refractivity contribution in [2.75, 3.05) is 26.1 Å². The van der Waals surface area contributed by atoms with Crippen LogP contribution in [0.5, 0.6) is 11.5 Å². The van der Waals surface area contributed by atoms with Crippen molar-refractivity contribution in [2.24, 2.45) is 5.92 Å². The van der Waals surface area contributed by atoms with Crippen molar-refractivity contribution in [1.82, 2.24) is 19.5 Å². The van der Waals surface area contributed by atoms with Crippen LogP contribution in [0.2, 0.25) is 0 Å². The quantitative estimate of drug-likeness (QED) is 0.0982. The van der Waals surface area contributed by atoms with Crippen molar-refractivity contribution in [3.63, 3.8) is 0 Å². The molecule has 2 aromatic heterocycles. The smallest absolute Gasteiger partial charge is 0.306 e. The summed E-state index contributed by atoms with van der Waals surface area (Å²) in [6.45, 7) is 2.81. The Kier molecular flexibility index (Phi) is 11.6. The van der Waals surface area contributed by atoms with E-state index in [1.807, 2.05) is 30.3 Å². The van der Waals surface area contributed by atoms with E-state index < -0.39 is 79.0 Å². The molecule has 288 valence electrons. The van der Waals surface area contributed by atoms with Crippen molar-refractivity contribution < 1.29 is 47.6 Å². The third kappa shape index (κ3) is 8.05. The highest BCUT2D eigenvalue weighted by Crippen LogP contribution is 2.46. The van der Waals surface area contributed by atoms with Gasteiger partial charge in [0.1, 0.15) is 35.9 Å². The number of carboxylic acid groups (broad SMARTS) is 1. The molecule has 15 nitrogen and oxygen atoms in total. The summed E-state index contributed by atoms with van der Waals surface area (Å²) in [7, 11) is 3.07. The molecule has 3 N–H and O–H groups in total. The van der Waals surface area contributed by atoms with Crippen LogP contribution in [0.25, 0.3) is 11.2 Å². The summed E-state index contributed by atoms with van der Waals surface area (Å²) >= 11 is 0. The molecule has 3 aromatic carbocycles. The Morgan fingerprint density at radius 2 is 1.55 bits per heavy atom. The van der Waals surface area contributed by atoms with E-state index in [1.54, 1.807) is 62.4 Å². The van der Waals surface area contributed by atoms with E-state index in [0.29, 0.717) is 28.2 Å². The molecule has 1 aliphatic rings. The van der Waals surface area contributed by atoms with Crippen LogP contribution in [0.1, 0.15) is 49.6 Å². The topological polar surface area (TPSA) is 193 Å². The minimum atomic E-state index is -2.02. The van der Waals surface area contributed by atoms with E-state index in [1.165, 1.54) is 25.1 Å². The van der Waals surface area contributed by atoms with Gasteiger partial charge in [0.25, 0.3) is 5.56 Å². The number of hydrogen-bond acceptors (Lipinski definition) is 11. The minimum Gasteiger partial charge on any atom is -0.497 e. The number of H-pyrrole nitrogens is 1. The van der Waals surface area contributed by atoms with Crippen molar-refractivity contribution in [1.29, 1.82) is 0 Å². The van der Waals surface area contributed by atoms with Gasteiger partial charge in [0, 0.05) is 5.92 Å². The highest BCUT2D eigenvalue weighted by atomic mass is 19.1. The summed E-state index contributed by atoms with van der Waals surface area (Å²) in [5, 5.41) is 11.6. The monoisotopic (exact) mass is 757 g/mol. The predicted octanol–water partition coefficient (Wildman–Crippen LogP) is 4.75. The molecule has 0 unspecified atom stereocenters. The molecule has 5 aromatic rings. The average molecular weight is 758 g/mol. The first-order valence-electron chi connectivity index (χ1n) is 17.4. The maximum absolute atomic E-state index is 17.5. The molecule has 1 saturated heterocycles. The molecular formula is C39H40FN5O10. The molecule has 16 heteroatoms. The molecule has 0 aliphatic carbocycles. The number of hydrogen-bond donors (Lipinski definition) is 3. The Hall–Kier alpha value is -6.13. The number of carbonyl (C=O) groups excluding carboxylic acids is 2. The lowest BCUT2D eigenvalue weighted by Crippen LogP contribution is -2.44. The zero-order chi connectivity index (χ0) is 39.3. The van der Waals surface area contributed by atoms with Crippen LogP contribution in [0, 0.1) is 5.92 Å². The van der Waals surface area contributed by atoms with E-state index in [-0.39, 0.29) is 17.1 Å². The number of esters is 1. The zero-order valence-corrected chi connectivity index (χ0v) is 30.4. The molecule has 1 amide bonds. The van der Waals surface area contributed by atoms with Crippen molar-refractivity contribution in [2.45, 2.75) is 56.9 Å². The third-order valence-corrected chi connectivity index (χ3v) is 9.18. The fraction of sp³-hybridized carbons (Fsp3) is 0.333. The van der Waals surface area contributed by atoms with Gasteiger partial charge < -0.3 is 28.8 Å². The number of amides is 1. The van der Waals surface area contributed by atoms with Gasteiger partial charge in [-0.15, -0.1) is 0 Å². The first kappa shape index (κ1) is 38.6. The number of alkyl halides is 1. The van der Waals surface area contributed by atoms with Crippen molar-refractivity contribution in [3.8, 4) is 11.5 Å². The molecule has 6 rings (SSSR count). The van der Waals surface area contributed by atoms with Gasteiger partial charge in [-0.25, -0.2) is 9.37 Å². The van der Waals surface area contributed by atoms with E-state index in [0.717, 1.165) is 0 Å². The highest BCUT2D eigenvalue weighted by molar-refractivity contribution is 5.91. The molecule has 0 spiro atoms. The van der Waals surface area contributed by atoms with Gasteiger partial charge in [-0.2, -0.15) is 4.98 Å². The van der Waals surface area contributed by atoms with Gasteiger partial charge in [0.15, 0.2) is 23.6 Å². The number of anilines is 1. The average Bonchev–Trinajstić information content (AvgIpc) is 3.75. The predicted molar refractivity (Wildman–Crippen MR) is 195 cm³/mol.